The molecule has 0 amide bonds. The van der Waals surface area contributed by atoms with Crippen LogP contribution in [0.2, 0.25) is 0 Å². The quantitative estimate of drug-likeness (QED) is 0.341. The SMILES string of the molecule is COc1ccc(CC(=O)Oc2ccc3c(c2)O/C(=C\c2ccc4c(c2)OCO4)C3=O)cc1. The summed E-state index contributed by atoms with van der Waals surface area (Å²) in [5, 5.41) is 0. The maximum Gasteiger partial charge on any atom is 0.315 e. The highest BCUT2D eigenvalue weighted by molar-refractivity contribution is 6.14. The molecule has 0 spiro atoms. The van der Waals surface area contributed by atoms with Crippen LogP contribution in [0.4, 0.5) is 0 Å². The number of allylic oxidation sites excluding steroid dienone is 1. The molecular weight excluding hydrogens is 412 g/mol. The number of methoxy groups -OCH3 is 1. The number of ether oxygens (including phenoxy) is 5. The van der Waals surface area contributed by atoms with Crippen molar-refractivity contribution in [3.8, 4) is 28.7 Å². The molecule has 0 atom stereocenters. The molecule has 160 valence electrons. The molecule has 0 N–H and O–H groups in total. The van der Waals surface area contributed by atoms with Crippen molar-refractivity contribution in [2.45, 2.75) is 6.42 Å². The smallest absolute Gasteiger partial charge is 0.315 e. The molecule has 0 bridgehead atoms. The van der Waals surface area contributed by atoms with Crippen LogP contribution >= 0.6 is 0 Å². The molecule has 0 aromatic heterocycles. The van der Waals surface area contributed by atoms with Crippen molar-refractivity contribution in [3.63, 3.8) is 0 Å². The van der Waals surface area contributed by atoms with E-state index in [9.17, 15) is 9.59 Å². The third kappa shape index (κ3) is 3.88. The van der Waals surface area contributed by atoms with Gasteiger partial charge < -0.3 is 23.7 Å². The second-order valence-corrected chi connectivity index (χ2v) is 7.21. The molecule has 0 unspecified atom stereocenters. The minimum Gasteiger partial charge on any atom is -0.497 e. The Morgan fingerprint density at radius 2 is 1.72 bits per heavy atom. The normalized spacial score (nSPS) is 14.8. The maximum atomic E-state index is 12.7. The van der Waals surface area contributed by atoms with Crippen LogP contribution < -0.4 is 23.7 Å². The zero-order valence-corrected chi connectivity index (χ0v) is 17.1. The number of Topliss-reactive ketones (excluding diaryl/α,β-unsaturated/α-hetero) is 1. The van der Waals surface area contributed by atoms with Crippen LogP contribution in [0.15, 0.2) is 66.4 Å². The van der Waals surface area contributed by atoms with Crippen LogP contribution in [0, 0.1) is 0 Å². The first-order valence-electron chi connectivity index (χ1n) is 9.90. The van der Waals surface area contributed by atoms with Gasteiger partial charge in [0.05, 0.1) is 19.1 Å². The topological polar surface area (TPSA) is 80.3 Å². The van der Waals surface area contributed by atoms with E-state index in [1.165, 1.54) is 0 Å². The van der Waals surface area contributed by atoms with E-state index in [0.717, 1.165) is 11.1 Å². The third-order valence-corrected chi connectivity index (χ3v) is 5.07. The lowest BCUT2D eigenvalue weighted by Crippen LogP contribution is -2.11. The summed E-state index contributed by atoms with van der Waals surface area (Å²) in [5.74, 6) is 2.16. The lowest BCUT2D eigenvalue weighted by molar-refractivity contribution is -0.133. The number of rotatable bonds is 5. The van der Waals surface area contributed by atoms with Crippen molar-refractivity contribution >= 4 is 17.8 Å². The molecule has 0 saturated carbocycles. The molecule has 7 heteroatoms. The van der Waals surface area contributed by atoms with Gasteiger partial charge in [0, 0.05) is 6.07 Å². The summed E-state index contributed by atoms with van der Waals surface area (Å²) in [6, 6.07) is 17.3. The minimum atomic E-state index is -0.421. The molecule has 5 rings (SSSR count). The molecule has 3 aromatic carbocycles. The number of benzene rings is 3. The highest BCUT2D eigenvalue weighted by Gasteiger charge is 2.28. The molecule has 0 aliphatic carbocycles. The van der Waals surface area contributed by atoms with E-state index >= 15 is 0 Å². The summed E-state index contributed by atoms with van der Waals surface area (Å²) in [7, 11) is 1.58. The van der Waals surface area contributed by atoms with E-state index in [-0.39, 0.29) is 24.8 Å². The van der Waals surface area contributed by atoms with Gasteiger partial charge in [0.15, 0.2) is 17.3 Å². The average Bonchev–Trinajstić information content (AvgIpc) is 3.38. The van der Waals surface area contributed by atoms with Crippen LogP contribution in [0.3, 0.4) is 0 Å². The Bertz CT molecular complexity index is 1240. The van der Waals surface area contributed by atoms with E-state index in [0.29, 0.717) is 34.3 Å². The molecule has 0 saturated heterocycles. The highest BCUT2D eigenvalue weighted by atomic mass is 16.7. The fourth-order valence-electron chi connectivity index (χ4n) is 3.46. The second kappa shape index (κ2) is 8.11. The Morgan fingerprint density at radius 3 is 2.53 bits per heavy atom. The highest BCUT2D eigenvalue weighted by Crippen LogP contribution is 2.37. The molecule has 2 aliphatic rings. The van der Waals surface area contributed by atoms with E-state index in [4.69, 9.17) is 23.7 Å². The number of carbonyl (C=O) groups excluding carboxylic acids is 2. The molecule has 0 fully saturated rings. The Hall–Kier alpha value is -4.26. The summed E-state index contributed by atoms with van der Waals surface area (Å²) in [6.07, 6.45) is 1.75. The van der Waals surface area contributed by atoms with Gasteiger partial charge >= 0.3 is 5.97 Å². The summed E-state index contributed by atoms with van der Waals surface area (Å²) in [6.45, 7) is 0.177. The molecule has 0 radical (unpaired) electrons. The maximum absolute atomic E-state index is 12.7. The third-order valence-electron chi connectivity index (χ3n) is 5.07. The Balaban J connectivity index is 1.28. The van der Waals surface area contributed by atoms with E-state index < -0.39 is 5.97 Å². The van der Waals surface area contributed by atoms with Crippen molar-refractivity contribution in [2.75, 3.05) is 13.9 Å². The first-order valence-corrected chi connectivity index (χ1v) is 9.90. The molecular formula is C25H18O7. The standard InChI is InChI=1S/C25H18O7/c1-28-17-5-2-15(3-6-17)12-24(26)31-18-7-8-19-21(13-18)32-23(25(19)27)11-16-4-9-20-22(10-16)30-14-29-20/h2-11,13H,12,14H2,1H3/b23-11-. The molecule has 3 aromatic rings. The number of ketones is 1. The van der Waals surface area contributed by atoms with Gasteiger partial charge in [0.1, 0.15) is 17.2 Å². The number of esters is 1. The van der Waals surface area contributed by atoms with Crippen molar-refractivity contribution in [1.29, 1.82) is 0 Å². The number of hydrogen-bond donors (Lipinski definition) is 0. The average molecular weight is 430 g/mol. The summed E-state index contributed by atoms with van der Waals surface area (Å²) < 4.78 is 27.0. The van der Waals surface area contributed by atoms with Gasteiger partial charge in [-0.15, -0.1) is 0 Å². The largest absolute Gasteiger partial charge is 0.497 e. The van der Waals surface area contributed by atoms with Crippen molar-refractivity contribution in [3.05, 3.63) is 83.1 Å². The zero-order chi connectivity index (χ0) is 22.1. The van der Waals surface area contributed by atoms with Gasteiger partial charge in [-0.25, -0.2) is 0 Å². The summed E-state index contributed by atoms with van der Waals surface area (Å²) >= 11 is 0. The number of fused-ring (bicyclic) bond motifs is 2. The van der Waals surface area contributed by atoms with Crippen LogP contribution in [-0.4, -0.2) is 25.7 Å². The van der Waals surface area contributed by atoms with Crippen molar-refractivity contribution < 1.29 is 33.3 Å². The molecule has 2 aliphatic heterocycles. The zero-order valence-electron chi connectivity index (χ0n) is 17.1. The Kier molecular flexibility index (Phi) is 4.99. The van der Waals surface area contributed by atoms with Crippen LogP contribution in [0.5, 0.6) is 28.7 Å². The van der Waals surface area contributed by atoms with Gasteiger partial charge in [-0.3, -0.25) is 9.59 Å². The summed E-state index contributed by atoms with van der Waals surface area (Å²) in [5.41, 5.74) is 1.96. The fourth-order valence-corrected chi connectivity index (χ4v) is 3.46. The first kappa shape index (κ1) is 19.7. The number of carbonyl (C=O) groups is 2. The van der Waals surface area contributed by atoms with E-state index in [1.54, 1.807) is 67.8 Å². The molecule has 2 heterocycles. The second-order valence-electron chi connectivity index (χ2n) is 7.21. The molecule has 32 heavy (non-hydrogen) atoms. The lowest BCUT2D eigenvalue weighted by atomic mass is 10.1. The van der Waals surface area contributed by atoms with Crippen molar-refractivity contribution in [1.82, 2.24) is 0 Å². The summed E-state index contributed by atoms with van der Waals surface area (Å²) in [4.78, 5) is 25.0. The lowest BCUT2D eigenvalue weighted by Gasteiger charge is -2.06. The monoisotopic (exact) mass is 430 g/mol. The van der Waals surface area contributed by atoms with Gasteiger partial charge in [0.2, 0.25) is 12.6 Å². The Labute approximate surface area is 183 Å². The van der Waals surface area contributed by atoms with E-state index in [2.05, 4.69) is 0 Å². The number of hydrogen-bond acceptors (Lipinski definition) is 7. The van der Waals surface area contributed by atoms with Crippen LogP contribution in [0.1, 0.15) is 21.5 Å². The van der Waals surface area contributed by atoms with Crippen LogP contribution in [-0.2, 0) is 11.2 Å². The van der Waals surface area contributed by atoms with Gasteiger partial charge in [-0.1, -0.05) is 18.2 Å². The van der Waals surface area contributed by atoms with Gasteiger partial charge in [0.25, 0.3) is 0 Å². The van der Waals surface area contributed by atoms with E-state index in [1.807, 2.05) is 6.07 Å². The predicted molar refractivity (Wildman–Crippen MR) is 114 cm³/mol. The van der Waals surface area contributed by atoms with Crippen molar-refractivity contribution in [2.24, 2.45) is 0 Å². The first-order chi connectivity index (χ1) is 15.6. The minimum absolute atomic E-state index is 0.107. The van der Waals surface area contributed by atoms with Gasteiger partial charge in [-0.05, 0) is 53.6 Å². The predicted octanol–water partition coefficient (Wildman–Crippen LogP) is 4.19. The Morgan fingerprint density at radius 1 is 0.938 bits per heavy atom. The van der Waals surface area contributed by atoms with Gasteiger partial charge in [-0.2, -0.15) is 0 Å². The molecule has 7 nitrogen and oxygen atoms in total. The van der Waals surface area contributed by atoms with Crippen LogP contribution in [0.25, 0.3) is 6.08 Å². The fraction of sp³-hybridized carbons (Fsp3) is 0.120.